The number of carbonyl (C=O) groups is 1. The predicted molar refractivity (Wildman–Crippen MR) is 70.4 cm³/mol. The maximum Gasteiger partial charge on any atom is 0.414 e. The van der Waals surface area contributed by atoms with Gasteiger partial charge in [0.15, 0.2) is 0 Å². The molecule has 1 aromatic carbocycles. The zero-order valence-electron chi connectivity index (χ0n) is 10.6. The van der Waals surface area contributed by atoms with Crippen molar-refractivity contribution in [1.29, 1.82) is 0 Å². The van der Waals surface area contributed by atoms with Gasteiger partial charge in [0.05, 0.1) is 11.2 Å². The molecule has 0 saturated carbocycles. The number of aromatic amines is 1. The third-order valence-corrected chi connectivity index (χ3v) is 2.16. The zero-order chi connectivity index (χ0) is 13.3. The molecule has 0 atom stereocenters. The molecule has 2 rings (SSSR count). The van der Waals surface area contributed by atoms with Gasteiger partial charge in [0.1, 0.15) is 11.1 Å². The minimum atomic E-state index is -0.555. The first kappa shape index (κ1) is 12.2. The number of hydrogen-bond acceptors (Lipinski definition) is 4. The summed E-state index contributed by atoms with van der Waals surface area (Å²) in [4.78, 5) is 18.7. The van der Waals surface area contributed by atoms with Crippen LogP contribution in [0, 0.1) is 0 Å². The highest BCUT2D eigenvalue weighted by molar-refractivity contribution is 5.91. The fraction of sp³-hybridized carbons (Fsp3) is 0.333. The number of amides is 1. The predicted octanol–water partition coefficient (Wildman–Crippen LogP) is 2.49. The lowest BCUT2D eigenvalue weighted by Crippen LogP contribution is -2.27. The second-order valence-corrected chi connectivity index (χ2v) is 4.96. The van der Waals surface area contributed by atoms with Crippen molar-refractivity contribution in [3.05, 3.63) is 18.2 Å². The Balaban J connectivity index is 2.18. The van der Waals surface area contributed by atoms with E-state index in [2.05, 4.69) is 15.3 Å². The standard InChI is InChI=1S/C12H16N4O2/c1-12(2,3)18-11(17)16-10-14-8-6-4-5-7(13)9(8)15-10/h4-6H,13H2,1-3H3,(H2,14,15,16,17). The number of aromatic nitrogens is 2. The lowest BCUT2D eigenvalue weighted by molar-refractivity contribution is 0.0635. The van der Waals surface area contributed by atoms with Crippen molar-refractivity contribution in [2.75, 3.05) is 11.1 Å². The fourth-order valence-electron chi connectivity index (χ4n) is 1.51. The summed E-state index contributed by atoms with van der Waals surface area (Å²) in [5.74, 6) is 0.317. The molecule has 18 heavy (non-hydrogen) atoms. The third-order valence-electron chi connectivity index (χ3n) is 2.16. The van der Waals surface area contributed by atoms with Crippen molar-refractivity contribution in [3.63, 3.8) is 0 Å². The summed E-state index contributed by atoms with van der Waals surface area (Å²) in [5, 5.41) is 2.53. The van der Waals surface area contributed by atoms with Crippen LogP contribution in [0.15, 0.2) is 18.2 Å². The van der Waals surface area contributed by atoms with Crippen LogP contribution < -0.4 is 11.1 Å². The van der Waals surface area contributed by atoms with E-state index in [1.54, 1.807) is 26.8 Å². The first-order valence-corrected chi connectivity index (χ1v) is 5.59. The molecular weight excluding hydrogens is 232 g/mol. The van der Waals surface area contributed by atoms with Crippen molar-refractivity contribution >= 4 is 28.8 Å². The van der Waals surface area contributed by atoms with Crippen LogP contribution in [0.4, 0.5) is 16.4 Å². The summed E-state index contributed by atoms with van der Waals surface area (Å²) in [6.07, 6.45) is -0.555. The lowest BCUT2D eigenvalue weighted by Gasteiger charge is -2.18. The van der Waals surface area contributed by atoms with Gasteiger partial charge in [-0.2, -0.15) is 0 Å². The molecule has 1 aromatic heterocycles. The normalized spacial score (nSPS) is 11.5. The van der Waals surface area contributed by atoms with E-state index < -0.39 is 11.7 Å². The van der Waals surface area contributed by atoms with Gasteiger partial charge in [-0.15, -0.1) is 0 Å². The van der Waals surface area contributed by atoms with Gasteiger partial charge in [-0.1, -0.05) is 6.07 Å². The fourth-order valence-corrected chi connectivity index (χ4v) is 1.51. The van der Waals surface area contributed by atoms with Gasteiger partial charge in [-0.3, -0.25) is 5.32 Å². The van der Waals surface area contributed by atoms with Crippen molar-refractivity contribution in [2.45, 2.75) is 26.4 Å². The van der Waals surface area contributed by atoms with Crippen LogP contribution in [0.3, 0.4) is 0 Å². The molecule has 0 spiro atoms. The average Bonchev–Trinajstić information content (AvgIpc) is 2.58. The number of nitrogens with one attached hydrogen (secondary N) is 2. The molecule has 1 heterocycles. The van der Waals surface area contributed by atoms with Gasteiger partial charge < -0.3 is 15.5 Å². The Morgan fingerprint density at radius 2 is 2.17 bits per heavy atom. The number of para-hydroxylation sites is 1. The number of fused-ring (bicyclic) bond motifs is 1. The molecule has 6 nitrogen and oxygen atoms in total. The number of rotatable bonds is 1. The molecule has 0 saturated heterocycles. The van der Waals surface area contributed by atoms with Crippen LogP contribution in [0.5, 0.6) is 0 Å². The number of carbonyl (C=O) groups excluding carboxylic acids is 1. The molecule has 0 unspecified atom stereocenters. The second-order valence-electron chi connectivity index (χ2n) is 4.96. The number of anilines is 2. The molecular formula is C12H16N4O2. The molecule has 0 aliphatic rings. The van der Waals surface area contributed by atoms with E-state index in [1.807, 2.05) is 12.1 Å². The monoisotopic (exact) mass is 248 g/mol. The summed E-state index contributed by atoms with van der Waals surface area (Å²) in [6.45, 7) is 5.38. The molecule has 2 aromatic rings. The number of ether oxygens (including phenoxy) is 1. The van der Waals surface area contributed by atoms with E-state index >= 15 is 0 Å². The highest BCUT2D eigenvalue weighted by Crippen LogP contribution is 2.20. The maximum absolute atomic E-state index is 11.6. The average molecular weight is 248 g/mol. The quantitative estimate of drug-likeness (QED) is 0.676. The highest BCUT2D eigenvalue weighted by atomic mass is 16.6. The molecule has 96 valence electrons. The van der Waals surface area contributed by atoms with Crippen molar-refractivity contribution in [1.82, 2.24) is 9.97 Å². The van der Waals surface area contributed by atoms with Crippen molar-refractivity contribution < 1.29 is 9.53 Å². The number of nitrogen functional groups attached to an aromatic ring is 1. The molecule has 6 heteroatoms. The largest absolute Gasteiger partial charge is 0.444 e. The van der Waals surface area contributed by atoms with Gasteiger partial charge in [0.2, 0.25) is 5.95 Å². The second kappa shape index (κ2) is 4.21. The number of hydrogen-bond donors (Lipinski definition) is 3. The number of H-pyrrole nitrogens is 1. The maximum atomic E-state index is 11.6. The van der Waals surface area contributed by atoms with Crippen LogP contribution in [-0.2, 0) is 4.74 Å². The lowest BCUT2D eigenvalue weighted by atomic mass is 10.2. The molecule has 0 bridgehead atoms. The Labute approximate surface area is 105 Å². The third kappa shape index (κ3) is 2.71. The Morgan fingerprint density at radius 3 is 2.78 bits per heavy atom. The van der Waals surface area contributed by atoms with Crippen LogP contribution in [-0.4, -0.2) is 21.7 Å². The molecule has 1 amide bonds. The van der Waals surface area contributed by atoms with Crippen molar-refractivity contribution in [3.8, 4) is 0 Å². The smallest absolute Gasteiger partial charge is 0.414 e. The van der Waals surface area contributed by atoms with E-state index in [0.29, 0.717) is 17.2 Å². The van der Waals surface area contributed by atoms with E-state index in [1.165, 1.54) is 0 Å². The Morgan fingerprint density at radius 1 is 1.44 bits per heavy atom. The highest BCUT2D eigenvalue weighted by Gasteiger charge is 2.17. The molecule has 0 aliphatic heterocycles. The topological polar surface area (TPSA) is 93.0 Å². The van der Waals surface area contributed by atoms with Crippen LogP contribution >= 0.6 is 0 Å². The van der Waals surface area contributed by atoms with Gasteiger partial charge in [0.25, 0.3) is 0 Å². The Bertz CT molecular complexity index is 583. The van der Waals surface area contributed by atoms with Gasteiger partial charge in [-0.05, 0) is 32.9 Å². The van der Waals surface area contributed by atoms with E-state index in [9.17, 15) is 4.79 Å². The van der Waals surface area contributed by atoms with E-state index in [0.717, 1.165) is 5.52 Å². The number of imidazole rings is 1. The summed E-state index contributed by atoms with van der Waals surface area (Å²) in [5.41, 5.74) is 7.18. The number of benzene rings is 1. The Hall–Kier alpha value is -2.24. The van der Waals surface area contributed by atoms with Gasteiger partial charge in [0, 0.05) is 0 Å². The number of nitrogens with zero attached hydrogens (tertiary/aromatic N) is 1. The number of nitrogens with two attached hydrogens (primary N) is 1. The van der Waals surface area contributed by atoms with Crippen LogP contribution in [0.1, 0.15) is 20.8 Å². The summed E-state index contributed by atoms with van der Waals surface area (Å²) in [7, 11) is 0. The van der Waals surface area contributed by atoms with E-state index in [4.69, 9.17) is 10.5 Å². The van der Waals surface area contributed by atoms with Crippen LogP contribution in [0.25, 0.3) is 11.0 Å². The van der Waals surface area contributed by atoms with Crippen LogP contribution in [0.2, 0.25) is 0 Å². The molecule has 4 N–H and O–H groups in total. The summed E-state index contributed by atoms with van der Waals surface area (Å²) in [6, 6.07) is 5.40. The van der Waals surface area contributed by atoms with Gasteiger partial charge in [-0.25, -0.2) is 9.78 Å². The zero-order valence-corrected chi connectivity index (χ0v) is 10.6. The SMILES string of the molecule is CC(C)(C)OC(=O)Nc1nc2c(N)cccc2[nH]1. The summed E-state index contributed by atoms with van der Waals surface area (Å²) < 4.78 is 5.13. The molecule has 0 aliphatic carbocycles. The minimum absolute atomic E-state index is 0.317. The first-order chi connectivity index (χ1) is 8.35. The van der Waals surface area contributed by atoms with E-state index in [-0.39, 0.29) is 0 Å². The molecule has 0 radical (unpaired) electrons. The first-order valence-electron chi connectivity index (χ1n) is 5.59. The Kier molecular flexibility index (Phi) is 2.86. The minimum Gasteiger partial charge on any atom is -0.444 e. The van der Waals surface area contributed by atoms with Crippen molar-refractivity contribution in [2.24, 2.45) is 0 Å². The summed E-state index contributed by atoms with van der Waals surface area (Å²) >= 11 is 0. The molecule has 0 fully saturated rings. The van der Waals surface area contributed by atoms with Gasteiger partial charge >= 0.3 is 6.09 Å².